The number of phenols is 7. The van der Waals surface area contributed by atoms with Gasteiger partial charge in [0.2, 0.25) is 5.75 Å². The fraction of sp³-hybridized carbons (Fsp3) is 0.0526. The van der Waals surface area contributed by atoms with Gasteiger partial charge < -0.3 is 40.2 Å². The van der Waals surface area contributed by atoms with Gasteiger partial charge >= 0.3 is 0 Å². The quantitative estimate of drug-likeness (QED) is 0.0590. The molecule has 0 bridgehead atoms. The summed E-state index contributed by atoms with van der Waals surface area (Å²) in [5.41, 5.74) is 0.810. The standard InChI is InChI=1S/C38H28O8/c1-3-11-20-18(2)46-38-27(20)31(39)29(36(44)37(38)45)30-34(42)32(40)28(33(41)35(30)43)26-23-16-9-7-14-21(23)25(19-12-5-4-6-13-19)22-15-8-10-17-24(22)26/h3-17,39-45H,1-2H3/b11-3-. The van der Waals surface area contributed by atoms with Gasteiger partial charge in [0.1, 0.15) is 11.5 Å². The largest absolute Gasteiger partial charge is 0.506 e. The summed E-state index contributed by atoms with van der Waals surface area (Å²) in [6, 6.07) is 24.6. The van der Waals surface area contributed by atoms with E-state index in [2.05, 4.69) is 0 Å². The molecular formula is C38H28O8. The van der Waals surface area contributed by atoms with Crippen LogP contribution < -0.4 is 0 Å². The molecule has 7 N–H and O–H groups in total. The number of fused-ring (bicyclic) bond motifs is 3. The van der Waals surface area contributed by atoms with Gasteiger partial charge in [-0.3, -0.25) is 0 Å². The van der Waals surface area contributed by atoms with E-state index in [0.717, 1.165) is 21.9 Å². The molecule has 0 atom stereocenters. The highest BCUT2D eigenvalue weighted by molar-refractivity contribution is 6.23. The molecule has 0 unspecified atom stereocenters. The normalized spacial score (nSPS) is 11.8. The molecule has 0 aliphatic heterocycles. The van der Waals surface area contributed by atoms with E-state index in [1.54, 1.807) is 38.1 Å². The van der Waals surface area contributed by atoms with Gasteiger partial charge in [0, 0.05) is 11.1 Å². The Morgan fingerprint density at radius 3 is 1.39 bits per heavy atom. The molecule has 228 valence electrons. The van der Waals surface area contributed by atoms with Gasteiger partial charge in [-0.25, -0.2) is 0 Å². The zero-order chi connectivity index (χ0) is 32.4. The van der Waals surface area contributed by atoms with E-state index < -0.39 is 51.4 Å². The van der Waals surface area contributed by atoms with Crippen LogP contribution >= 0.6 is 0 Å². The van der Waals surface area contributed by atoms with E-state index in [4.69, 9.17) is 4.42 Å². The van der Waals surface area contributed by atoms with Crippen LogP contribution in [0.25, 0.3) is 72.0 Å². The monoisotopic (exact) mass is 612 g/mol. The predicted octanol–water partition coefficient (Wildman–Crippen LogP) is 9.02. The number of phenolic OH excluding ortho intramolecular Hbond substituents is 7. The summed E-state index contributed by atoms with van der Waals surface area (Å²) < 4.78 is 5.60. The Labute approximate surface area is 262 Å². The zero-order valence-electron chi connectivity index (χ0n) is 24.7. The fourth-order valence-corrected chi connectivity index (χ4v) is 6.51. The van der Waals surface area contributed by atoms with E-state index >= 15 is 0 Å². The van der Waals surface area contributed by atoms with E-state index in [1.807, 2.05) is 66.7 Å². The van der Waals surface area contributed by atoms with E-state index in [9.17, 15) is 35.7 Å². The maximum Gasteiger partial charge on any atom is 0.202 e. The summed E-state index contributed by atoms with van der Waals surface area (Å²) in [7, 11) is 0. The van der Waals surface area contributed by atoms with Gasteiger partial charge in [-0.2, -0.15) is 0 Å². The van der Waals surface area contributed by atoms with Crippen LogP contribution in [0.2, 0.25) is 0 Å². The number of allylic oxidation sites excluding steroid dienone is 1. The second-order valence-electron chi connectivity index (χ2n) is 11.0. The Kier molecular flexibility index (Phi) is 6.45. The molecule has 8 nitrogen and oxygen atoms in total. The molecule has 1 heterocycles. The maximum absolute atomic E-state index is 11.6. The molecule has 46 heavy (non-hydrogen) atoms. The SMILES string of the molecule is C/C=C\c1c(C)oc2c(O)c(O)c(-c3c(O)c(O)c(-c4c5ccccc5c(-c5ccccc5)c5ccccc45)c(O)c3O)c(O)c12. The van der Waals surface area contributed by atoms with Gasteiger partial charge in [-0.1, -0.05) is 91.0 Å². The topological polar surface area (TPSA) is 155 Å². The van der Waals surface area contributed by atoms with Crippen molar-refractivity contribution in [1.82, 2.24) is 0 Å². The number of furan rings is 1. The molecule has 0 aliphatic carbocycles. The first-order valence-corrected chi connectivity index (χ1v) is 14.5. The van der Waals surface area contributed by atoms with Crippen molar-refractivity contribution in [3.8, 4) is 73.6 Å². The van der Waals surface area contributed by atoms with Gasteiger partial charge in [0.25, 0.3) is 0 Å². The number of benzene rings is 6. The van der Waals surface area contributed by atoms with E-state index in [1.165, 1.54) is 0 Å². The summed E-state index contributed by atoms with van der Waals surface area (Å²) >= 11 is 0. The lowest BCUT2D eigenvalue weighted by Gasteiger charge is -2.21. The second-order valence-corrected chi connectivity index (χ2v) is 11.0. The van der Waals surface area contributed by atoms with E-state index in [0.29, 0.717) is 27.7 Å². The first-order chi connectivity index (χ1) is 22.2. The maximum atomic E-state index is 11.6. The van der Waals surface area contributed by atoms with Crippen LogP contribution in [0.5, 0.6) is 40.2 Å². The molecule has 0 amide bonds. The van der Waals surface area contributed by atoms with Gasteiger partial charge in [0.05, 0.1) is 22.1 Å². The lowest BCUT2D eigenvalue weighted by atomic mass is 9.84. The van der Waals surface area contributed by atoms with Crippen molar-refractivity contribution in [2.45, 2.75) is 13.8 Å². The van der Waals surface area contributed by atoms with Crippen molar-refractivity contribution in [2.75, 3.05) is 0 Å². The molecule has 0 saturated carbocycles. The summed E-state index contributed by atoms with van der Waals surface area (Å²) in [5, 5.41) is 82.4. The summed E-state index contributed by atoms with van der Waals surface area (Å²) in [5.74, 6) is -5.56. The molecular weight excluding hydrogens is 584 g/mol. The smallest absolute Gasteiger partial charge is 0.202 e. The molecule has 0 aliphatic rings. The number of hydrogen-bond donors (Lipinski definition) is 7. The molecule has 1 aromatic heterocycles. The first kappa shape index (κ1) is 28.5. The molecule has 8 heteroatoms. The molecule has 7 rings (SSSR count). The molecule has 0 spiro atoms. The Morgan fingerprint density at radius 1 is 0.478 bits per heavy atom. The number of aryl methyl sites for hydroxylation is 1. The second kappa shape index (κ2) is 10.4. The third kappa shape index (κ3) is 3.86. The number of hydrogen-bond acceptors (Lipinski definition) is 8. The average molecular weight is 613 g/mol. The lowest BCUT2D eigenvalue weighted by molar-refractivity contribution is 0.374. The van der Waals surface area contributed by atoms with Crippen molar-refractivity contribution >= 4 is 38.6 Å². The summed E-state index contributed by atoms with van der Waals surface area (Å²) in [6.07, 6.45) is 3.30. The van der Waals surface area contributed by atoms with Crippen LogP contribution in [-0.2, 0) is 0 Å². The minimum absolute atomic E-state index is 0.00348. The van der Waals surface area contributed by atoms with E-state index in [-0.39, 0.29) is 16.5 Å². The van der Waals surface area contributed by atoms with Gasteiger partial charge in [0.15, 0.2) is 34.3 Å². The number of rotatable bonds is 4. The Bertz CT molecular complexity index is 2320. The molecule has 0 fully saturated rings. The van der Waals surface area contributed by atoms with Crippen LogP contribution in [0.15, 0.2) is 89.4 Å². The predicted molar refractivity (Wildman–Crippen MR) is 179 cm³/mol. The summed E-state index contributed by atoms with van der Waals surface area (Å²) in [4.78, 5) is 0. The third-order valence-electron chi connectivity index (χ3n) is 8.50. The van der Waals surface area contributed by atoms with Crippen LogP contribution in [0.1, 0.15) is 18.2 Å². The Morgan fingerprint density at radius 2 is 0.891 bits per heavy atom. The van der Waals surface area contributed by atoms with Crippen LogP contribution in [0, 0.1) is 6.92 Å². The van der Waals surface area contributed by atoms with Gasteiger partial charge in [-0.15, -0.1) is 0 Å². The highest BCUT2D eigenvalue weighted by Gasteiger charge is 2.34. The molecule has 0 radical (unpaired) electrons. The fourth-order valence-electron chi connectivity index (χ4n) is 6.51. The minimum atomic E-state index is -0.942. The van der Waals surface area contributed by atoms with Crippen molar-refractivity contribution < 1.29 is 40.2 Å². The Hall–Kier alpha value is -6.28. The minimum Gasteiger partial charge on any atom is -0.506 e. The van der Waals surface area contributed by atoms with Crippen LogP contribution in [0.3, 0.4) is 0 Å². The van der Waals surface area contributed by atoms with Gasteiger partial charge in [-0.05, 0) is 46.5 Å². The van der Waals surface area contributed by atoms with Crippen LogP contribution in [0.4, 0.5) is 0 Å². The van der Waals surface area contributed by atoms with Crippen molar-refractivity contribution in [1.29, 1.82) is 0 Å². The van der Waals surface area contributed by atoms with Crippen LogP contribution in [-0.4, -0.2) is 35.7 Å². The van der Waals surface area contributed by atoms with Crippen molar-refractivity contribution in [3.63, 3.8) is 0 Å². The molecule has 6 aromatic carbocycles. The zero-order valence-corrected chi connectivity index (χ0v) is 24.7. The Balaban J connectivity index is 1.60. The lowest BCUT2D eigenvalue weighted by Crippen LogP contribution is -1.94. The first-order valence-electron chi connectivity index (χ1n) is 14.5. The highest BCUT2D eigenvalue weighted by Crippen LogP contribution is 2.62. The third-order valence-corrected chi connectivity index (χ3v) is 8.50. The highest BCUT2D eigenvalue weighted by atomic mass is 16.4. The molecule has 7 aromatic rings. The van der Waals surface area contributed by atoms with Crippen molar-refractivity contribution in [3.05, 3.63) is 96.3 Å². The molecule has 0 saturated heterocycles. The number of aromatic hydroxyl groups is 7. The van der Waals surface area contributed by atoms with Crippen molar-refractivity contribution in [2.24, 2.45) is 0 Å². The summed E-state index contributed by atoms with van der Waals surface area (Å²) in [6.45, 7) is 3.34. The average Bonchev–Trinajstić information content (AvgIpc) is 3.40.